The lowest BCUT2D eigenvalue weighted by molar-refractivity contribution is 0.0758. The molecule has 2 rings (SSSR count). The van der Waals surface area contributed by atoms with E-state index >= 15 is 0 Å². The normalized spacial score (nSPS) is 10.5. The molecule has 0 aliphatic heterocycles. The Morgan fingerprint density at radius 2 is 1.89 bits per heavy atom. The first-order valence-electron chi connectivity index (χ1n) is 6.22. The average Bonchev–Trinajstić information content (AvgIpc) is 2.81. The number of aliphatic hydroxyl groups is 1. The molecule has 0 aliphatic carbocycles. The Hall–Kier alpha value is -2.07. The van der Waals surface area contributed by atoms with Crippen molar-refractivity contribution in [1.29, 1.82) is 0 Å². The third-order valence-electron chi connectivity index (χ3n) is 3.19. The van der Waals surface area contributed by atoms with E-state index in [1.165, 1.54) is 4.90 Å². The number of carbonyl (C=O) groups excluding carboxylic acids is 1. The predicted octanol–water partition coefficient (Wildman–Crippen LogP) is 1.76. The van der Waals surface area contributed by atoms with Crippen molar-refractivity contribution in [3.05, 3.63) is 48.2 Å². The maximum Gasteiger partial charge on any atom is 0.270 e. The van der Waals surface area contributed by atoms with Gasteiger partial charge in [-0.1, -0.05) is 30.3 Å². The zero-order chi connectivity index (χ0) is 13.8. The van der Waals surface area contributed by atoms with Gasteiger partial charge in [-0.25, -0.2) is 0 Å². The second-order valence-corrected chi connectivity index (χ2v) is 4.48. The average molecular weight is 258 g/mol. The van der Waals surface area contributed by atoms with Crippen LogP contribution in [0, 0.1) is 0 Å². The Bertz CT molecular complexity index is 561. The Kier molecular flexibility index (Phi) is 4.02. The minimum Gasteiger partial charge on any atom is -0.395 e. The summed E-state index contributed by atoms with van der Waals surface area (Å²) in [4.78, 5) is 13.7. The highest BCUT2D eigenvalue weighted by Gasteiger charge is 2.16. The number of likely N-dealkylation sites (N-methyl/N-ethyl adjacent to an activating group) is 1. The molecule has 1 amide bonds. The number of hydrogen-bond acceptors (Lipinski definition) is 2. The lowest BCUT2D eigenvalue weighted by Crippen LogP contribution is -2.30. The molecule has 0 radical (unpaired) electrons. The van der Waals surface area contributed by atoms with Gasteiger partial charge in [-0.15, -0.1) is 0 Å². The fourth-order valence-corrected chi connectivity index (χ4v) is 2.07. The van der Waals surface area contributed by atoms with E-state index in [4.69, 9.17) is 5.11 Å². The largest absolute Gasteiger partial charge is 0.395 e. The molecular weight excluding hydrogens is 240 g/mol. The van der Waals surface area contributed by atoms with E-state index in [9.17, 15) is 4.79 Å². The highest BCUT2D eigenvalue weighted by molar-refractivity contribution is 5.93. The van der Waals surface area contributed by atoms with Crippen molar-refractivity contribution in [2.45, 2.75) is 0 Å². The minimum atomic E-state index is -0.0845. The monoisotopic (exact) mass is 258 g/mol. The number of rotatable bonds is 4. The lowest BCUT2D eigenvalue weighted by Gasteiger charge is -2.16. The van der Waals surface area contributed by atoms with Gasteiger partial charge in [0, 0.05) is 26.3 Å². The topological polar surface area (TPSA) is 45.5 Å². The Morgan fingerprint density at radius 1 is 1.21 bits per heavy atom. The van der Waals surface area contributed by atoms with Crippen molar-refractivity contribution in [3.8, 4) is 11.3 Å². The molecular formula is C15H18N2O2. The smallest absolute Gasteiger partial charge is 0.270 e. The van der Waals surface area contributed by atoms with Crippen LogP contribution in [0.5, 0.6) is 0 Å². The van der Waals surface area contributed by atoms with Crippen LogP contribution in [-0.4, -0.2) is 40.7 Å². The van der Waals surface area contributed by atoms with Crippen LogP contribution in [0.2, 0.25) is 0 Å². The van der Waals surface area contributed by atoms with Gasteiger partial charge >= 0.3 is 0 Å². The molecule has 0 saturated carbocycles. The highest BCUT2D eigenvalue weighted by atomic mass is 16.3. The molecule has 100 valence electrons. The molecule has 0 fully saturated rings. The molecule has 0 saturated heterocycles. The van der Waals surface area contributed by atoms with Gasteiger partial charge in [-0.2, -0.15) is 0 Å². The molecule has 1 heterocycles. The molecule has 0 bridgehead atoms. The van der Waals surface area contributed by atoms with E-state index in [0.29, 0.717) is 12.2 Å². The summed E-state index contributed by atoms with van der Waals surface area (Å²) in [6, 6.07) is 13.7. The van der Waals surface area contributed by atoms with Crippen molar-refractivity contribution < 1.29 is 9.90 Å². The van der Waals surface area contributed by atoms with E-state index in [1.807, 2.05) is 54.1 Å². The molecule has 1 aromatic carbocycles. The zero-order valence-corrected chi connectivity index (χ0v) is 11.2. The molecule has 1 aromatic heterocycles. The number of amides is 1. The van der Waals surface area contributed by atoms with E-state index in [0.717, 1.165) is 11.3 Å². The van der Waals surface area contributed by atoms with Crippen molar-refractivity contribution in [2.24, 2.45) is 7.05 Å². The first-order chi connectivity index (χ1) is 9.15. The fourth-order valence-electron chi connectivity index (χ4n) is 2.07. The summed E-state index contributed by atoms with van der Waals surface area (Å²) in [5.74, 6) is -0.0845. The van der Waals surface area contributed by atoms with Crippen LogP contribution in [0.4, 0.5) is 0 Å². The Balaban J connectivity index is 2.31. The first kappa shape index (κ1) is 13.4. The van der Waals surface area contributed by atoms with Crippen LogP contribution in [0.25, 0.3) is 11.3 Å². The Morgan fingerprint density at radius 3 is 2.53 bits per heavy atom. The maximum atomic E-state index is 12.2. The van der Waals surface area contributed by atoms with Crippen molar-refractivity contribution in [3.63, 3.8) is 0 Å². The number of aliphatic hydroxyl groups excluding tert-OH is 1. The van der Waals surface area contributed by atoms with Crippen LogP contribution >= 0.6 is 0 Å². The maximum absolute atomic E-state index is 12.2. The van der Waals surface area contributed by atoms with E-state index in [1.54, 1.807) is 7.05 Å². The zero-order valence-electron chi connectivity index (χ0n) is 11.2. The number of benzene rings is 1. The molecule has 1 N–H and O–H groups in total. The standard InChI is InChI=1S/C15H18N2O2/c1-16(10-11-18)15(19)14-9-8-13(17(14)2)12-6-4-3-5-7-12/h3-9,18H,10-11H2,1-2H3. The van der Waals surface area contributed by atoms with Gasteiger partial charge in [0.1, 0.15) is 5.69 Å². The summed E-state index contributed by atoms with van der Waals surface area (Å²) < 4.78 is 1.88. The second kappa shape index (κ2) is 5.71. The molecule has 4 nitrogen and oxygen atoms in total. The molecule has 19 heavy (non-hydrogen) atoms. The summed E-state index contributed by atoms with van der Waals surface area (Å²) in [6.45, 7) is 0.308. The van der Waals surface area contributed by atoms with E-state index in [-0.39, 0.29) is 12.5 Å². The minimum absolute atomic E-state index is 0.0296. The third kappa shape index (κ3) is 2.69. The van der Waals surface area contributed by atoms with Gasteiger partial charge in [0.2, 0.25) is 0 Å². The molecule has 4 heteroatoms. The van der Waals surface area contributed by atoms with E-state index < -0.39 is 0 Å². The molecule has 0 atom stereocenters. The summed E-state index contributed by atoms with van der Waals surface area (Å²) in [5.41, 5.74) is 2.70. The highest BCUT2D eigenvalue weighted by Crippen LogP contribution is 2.21. The first-order valence-corrected chi connectivity index (χ1v) is 6.22. The van der Waals surface area contributed by atoms with Crippen LogP contribution in [-0.2, 0) is 7.05 Å². The van der Waals surface area contributed by atoms with Gasteiger partial charge in [-0.05, 0) is 17.7 Å². The number of nitrogens with zero attached hydrogens (tertiary/aromatic N) is 2. The SMILES string of the molecule is CN(CCO)C(=O)c1ccc(-c2ccccc2)n1C. The van der Waals surface area contributed by atoms with Gasteiger partial charge in [0.25, 0.3) is 5.91 Å². The van der Waals surface area contributed by atoms with Gasteiger partial charge in [0.05, 0.1) is 6.61 Å². The van der Waals surface area contributed by atoms with Gasteiger partial charge in [-0.3, -0.25) is 4.79 Å². The summed E-state index contributed by atoms with van der Waals surface area (Å²) in [6.07, 6.45) is 0. The molecule has 0 unspecified atom stereocenters. The van der Waals surface area contributed by atoms with Gasteiger partial charge < -0.3 is 14.6 Å². The predicted molar refractivity (Wildman–Crippen MR) is 74.9 cm³/mol. The molecule has 0 aliphatic rings. The van der Waals surface area contributed by atoms with Crippen molar-refractivity contribution in [1.82, 2.24) is 9.47 Å². The number of hydrogen-bond donors (Lipinski definition) is 1. The third-order valence-corrected chi connectivity index (χ3v) is 3.19. The van der Waals surface area contributed by atoms with Gasteiger partial charge in [0.15, 0.2) is 0 Å². The summed E-state index contributed by atoms with van der Waals surface area (Å²) >= 11 is 0. The summed E-state index contributed by atoms with van der Waals surface area (Å²) in [7, 11) is 3.57. The van der Waals surface area contributed by atoms with Crippen molar-refractivity contribution in [2.75, 3.05) is 20.2 Å². The lowest BCUT2D eigenvalue weighted by atomic mass is 10.2. The van der Waals surface area contributed by atoms with Crippen LogP contribution in [0.3, 0.4) is 0 Å². The van der Waals surface area contributed by atoms with Crippen molar-refractivity contribution >= 4 is 5.91 Å². The molecule has 2 aromatic rings. The van der Waals surface area contributed by atoms with Crippen LogP contribution in [0.15, 0.2) is 42.5 Å². The second-order valence-electron chi connectivity index (χ2n) is 4.48. The Labute approximate surface area is 112 Å². The number of aromatic nitrogens is 1. The summed E-state index contributed by atoms with van der Waals surface area (Å²) in [5, 5.41) is 8.88. The van der Waals surface area contributed by atoms with Crippen LogP contribution < -0.4 is 0 Å². The fraction of sp³-hybridized carbons (Fsp3) is 0.267. The molecule has 0 spiro atoms. The van der Waals surface area contributed by atoms with Crippen LogP contribution in [0.1, 0.15) is 10.5 Å². The number of carbonyl (C=O) groups is 1. The quantitative estimate of drug-likeness (QED) is 0.908. The van der Waals surface area contributed by atoms with E-state index in [2.05, 4.69) is 0 Å².